The molecular formula is C24H19IN4O2S. The van der Waals surface area contributed by atoms with Crippen LogP contribution in [0.1, 0.15) is 10.5 Å². The molecule has 3 aromatic heterocycles. The average molecular weight is 554 g/mol. The number of carbonyl (C=O) groups is 1. The monoisotopic (exact) mass is 554 g/mol. The number of benzene rings is 2. The number of methoxy groups -OCH3 is 1. The van der Waals surface area contributed by atoms with Gasteiger partial charge < -0.3 is 20.4 Å². The fourth-order valence-corrected chi connectivity index (χ4v) is 5.79. The summed E-state index contributed by atoms with van der Waals surface area (Å²) >= 11 is 3.95. The van der Waals surface area contributed by atoms with Gasteiger partial charge in [-0.3, -0.25) is 4.79 Å². The minimum Gasteiger partial charge on any atom is -0.495 e. The molecule has 0 atom stereocenters. The summed E-state index contributed by atoms with van der Waals surface area (Å²) in [5, 5.41) is 6.98. The molecule has 2 aromatic carbocycles. The van der Waals surface area contributed by atoms with E-state index in [1.54, 1.807) is 18.4 Å². The average Bonchev–Trinajstić information content (AvgIpc) is 3.43. The largest absolute Gasteiger partial charge is 0.495 e. The predicted molar refractivity (Wildman–Crippen MR) is 140 cm³/mol. The molecule has 0 aliphatic carbocycles. The standard InChI is InChI=1S/C24H19IN4O2S/c1-29-17-6-4-3-5-13(17)11-18(29)24(30)27-16-8-7-14(12-19(16)31-2)21-20(25)22-15(9-10-32-22)23(26)28-21/h3-12H,1-2H3,(H2,26,28)(H,27,30). The van der Waals surface area contributed by atoms with Crippen LogP contribution < -0.4 is 15.8 Å². The number of pyridine rings is 1. The molecule has 0 saturated heterocycles. The number of fused-ring (bicyclic) bond motifs is 2. The molecule has 5 rings (SSSR count). The van der Waals surface area contributed by atoms with Crippen LogP contribution in [0.3, 0.4) is 0 Å². The van der Waals surface area contributed by atoms with Crippen molar-refractivity contribution >= 4 is 72.3 Å². The maximum absolute atomic E-state index is 13.0. The number of aryl methyl sites for hydroxylation is 1. The molecule has 0 aliphatic heterocycles. The van der Waals surface area contributed by atoms with E-state index in [0.29, 0.717) is 22.9 Å². The number of thiophene rings is 1. The second-order valence-corrected chi connectivity index (χ2v) is 9.33. The van der Waals surface area contributed by atoms with Crippen LogP contribution in [0.4, 0.5) is 11.5 Å². The number of rotatable bonds is 4. The molecule has 3 N–H and O–H groups in total. The molecule has 3 heterocycles. The zero-order valence-corrected chi connectivity index (χ0v) is 20.3. The lowest BCUT2D eigenvalue weighted by Crippen LogP contribution is -2.16. The third kappa shape index (κ3) is 3.39. The Morgan fingerprint density at radius 1 is 1.19 bits per heavy atom. The van der Waals surface area contributed by atoms with Gasteiger partial charge in [-0.2, -0.15) is 0 Å². The van der Waals surface area contributed by atoms with Crippen molar-refractivity contribution in [2.24, 2.45) is 7.05 Å². The summed E-state index contributed by atoms with van der Waals surface area (Å²) in [6.07, 6.45) is 0. The molecule has 0 spiro atoms. The third-order valence-corrected chi connectivity index (χ3v) is 7.84. The highest BCUT2D eigenvalue weighted by molar-refractivity contribution is 14.1. The first kappa shape index (κ1) is 20.8. The van der Waals surface area contributed by atoms with Gasteiger partial charge in [0, 0.05) is 28.9 Å². The van der Waals surface area contributed by atoms with Gasteiger partial charge in [0.25, 0.3) is 5.91 Å². The summed E-state index contributed by atoms with van der Waals surface area (Å²) in [6, 6.07) is 17.4. The number of anilines is 2. The van der Waals surface area contributed by atoms with Gasteiger partial charge >= 0.3 is 0 Å². The van der Waals surface area contributed by atoms with Crippen LogP contribution in [0.5, 0.6) is 5.75 Å². The predicted octanol–water partition coefficient (Wildman–Crippen LogP) is 5.90. The van der Waals surface area contributed by atoms with Crippen molar-refractivity contribution < 1.29 is 9.53 Å². The number of hydrogen-bond donors (Lipinski definition) is 2. The van der Waals surface area contributed by atoms with Crippen molar-refractivity contribution in [2.45, 2.75) is 0 Å². The van der Waals surface area contributed by atoms with Gasteiger partial charge in [0.15, 0.2) is 0 Å². The topological polar surface area (TPSA) is 82.2 Å². The van der Waals surface area contributed by atoms with Gasteiger partial charge in [-0.1, -0.05) is 24.3 Å². The second-order valence-electron chi connectivity index (χ2n) is 7.34. The minimum absolute atomic E-state index is 0.202. The maximum Gasteiger partial charge on any atom is 0.272 e. The number of para-hydroxylation sites is 1. The zero-order valence-electron chi connectivity index (χ0n) is 17.3. The van der Waals surface area contributed by atoms with Gasteiger partial charge in [0.05, 0.1) is 26.8 Å². The van der Waals surface area contributed by atoms with E-state index in [1.807, 2.05) is 71.6 Å². The number of nitrogens with one attached hydrogen (secondary N) is 1. The van der Waals surface area contributed by atoms with Crippen LogP contribution in [0, 0.1) is 3.57 Å². The lowest BCUT2D eigenvalue weighted by Gasteiger charge is -2.13. The van der Waals surface area contributed by atoms with Crippen LogP contribution in [0.15, 0.2) is 60.0 Å². The molecule has 0 bridgehead atoms. The van der Waals surface area contributed by atoms with Gasteiger partial charge in [0.2, 0.25) is 0 Å². The maximum atomic E-state index is 13.0. The van der Waals surface area contributed by atoms with E-state index in [2.05, 4.69) is 32.9 Å². The molecule has 6 nitrogen and oxygen atoms in total. The smallest absolute Gasteiger partial charge is 0.272 e. The van der Waals surface area contributed by atoms with E-state index in [1.165, 1.54) is 0 Å². The zero-order chi connectivity index (χ0) is 22.4. The Hall–Kier alpha value is -3.11. The third-order valence-electron chi connectivity index (χ3n) is 5.49. The SMILES string of the molecule is COc1cc(-c2nc(N)c3ccsc3c2I)ccc1NC(=O)c1cc2ccccc2n1C. The number of carbonyl (C=O) groups excluding carboxylic acids is 1. The highest BCUT2D eigenvalue weighted by Gasteiger charge is 2.18. The summed E-state index contributed by atoms with van der Waals surface area (Å²) in [5.41, 5.74) is 10.0. The van der Waals surface area contributed by atoms with Crippen molar-refractivity contribution in [3.05, 3.63) is 69.2 Å². The molecule has 5 aromatic rings. The quantitative estimate of drug-likeness (QED) is 0.271. The Morgan fingerprint density at radius 3 is 2.78 bits per heavy atom. The van der Waals surface area contributed by atoms with E-state index in [-0.39, 0.29) is 5.91 Å². The highest BCUT2D eigenvalue weighted by atomic mass is 127. The van der Waals surface area contributed by atoms with Crippen molar-refractivity contribution in [1.82, 2.24) is 9.55 Å². The first-order valence-corrected chi connectivity index (χ1v) is 11.8. The minimum atomic E-state index is -0.202. The number of nitrogens with zero attached hydrogens (tertiary/aromatic N) is 2. The first-order chi connectivity index (χ1) is 15.5. The Bertz CT molecular complexity index is 1510. The number of hydrogen-bond acceptors (Lipinski definition) is 5. The Kier molecular flexibility index (Phi) is 5.26. The lowest BCUT2D eigenvalue weighted by atomic mass is 10.1. The number of halogens is 1. The Labute approximate surface area is 202 Å². The number of ether oxygens (including phenoxy) is 1. The van der Waals surface area contributed by atoms with Crippen LogP contribution >= 0.6 is 33.9 Å². The fourth-order valence-electron chi connectivity index (χ4n) is 3.84. The van der Waals surface area contributed by atoms with Crippen molar-refractivity contribution in [3.8, 4) is 17.0 Å². The molecule has 0 fully saturated rings. The number of amides is 1. The molecule has 160 valence electrons. The number of aromatic nitrogens is 2. The summed E-state index contributed by atoms with van der Waals surface area (Å²) < 4.78 is 9.63. The van der Waals surface area contributed by atoms with E-state index >= 15 is 0 Å². The molecular weight excluding hydrogens is 535 g/mol. The summed E-state index contributed by atoms with van der Waals surface area (Å²) in [4.78, 5) is 17.7. The van der Waals surface area contributed by atoms with Gasteiger partial charge in [-0.15, -0.1) is 11.3 Å². The van der Waals surface area contributed by atoms with Gasteiger partial charge in [-0.05, 0) is 58.3 Å². The normalized spacial score (nSPS) is 11.2. The molecule has 0 aliphatic rings. The molecule has 0 radical (unpaired) electrons. The van der Waals surface area contributed by atoms with Crippen LogP contribution in [0.25, 0.3) is 32.2 Å². The van der Waals surface area contributed by atoms with Crippen LogP contribution in [-0.4, -0.2) is 22.6 Å². The molecule has 8 heteroatoms. The van der Waals surface area contributed by atoms with E-state index < -0.39 is 0 Å². The number of nitrogens with two attached hydrogens (primary N) is 1. The summed E-state index contributed by atoms with van der Waals surface area (Å²) in [6.45, 7) is 0. The van der Waals surface area contributed by atoms with Gasteiger partial charge in [0.1, 0.15) is 17.3 Å². The van der Waals surface area contributed by atoms with Gasteiger partial charge in [-0.25, -0.2) is 4.98 Å². The fraction of sp³-hybridized carbons (Fsp3) is 0.0833. The van der Waals surface area contributed by atoms with Crippen molar-refractivity contribution in [3.63, 3.8) is 0 Å². The lowest BCUT2D eigenvalue weighted by molar-refractivity contribution is 0.101. The van der Waals surface area contributed by atoms with E-state index in [4.69, 9.17) is 10.5 Å². The summed E-state index contributed by atoms with van der Waals surface area (Å²) in [7, 11) is 3.47. The summed E-state index contributed by atoms with van der Waals surface area (Å²) in [5.74, 6) is 0.854. The molecule has 32 heavy (non-hydrogen) atoms. The van der Waals surface area contributed by atoms with E-state index in [0.717, 1.165) is 35.8 Å². The Balaban J connectivity index is 1.51. The van der Waals surface area contributed by atoms with Crippen LogP contribution in [0.2, 0.25) is 0 Å². The van der Waals surface area contributed by atoms with Crippen LogP contribution in [-0.2, 0) is 7.05 Å². The highest BCUT2D eigenvalue weighted by Crippen LogP contribution is 2.38. The van der Waals surface area contributed by atoms with E-state index in [9.17, 15) is 4.79 Å². The number of nitrogen functional groups attached to an aromatic ring is 1. The van der Waals surface area contributed by atoms with Crippen molar-refractivity contribution in [2.75, 3.05) is 18.2 Å². The molecule has 0 saturated carbocycles. The van der Waals surface area contributed by atoms with Crippen molar-refractivity contribution in [1.29, 1.82) is 0 Å². The molecule has 1 amide bonds. The molecule has 0 unspecified atom stereocenters. The second kappa shape index (κ2) is 8.10. The first-order valence-electron chi connectivity index (χ1n) is 9.84. The Morgan fingerprint density at radius 2 is 2.00 bits per heavy atom.